The summed E-state index contributed by atoms with van der Waals surface area (Å²) in [5.74, 6) is 0.143. The maximum absolute atomic E-state index is 12.4. The second-order valence-electron chi connectivity index (χ2n) is 7.09. The molecular formula is C22H28NO3SY-. The van der Waals surface area contributed by atoms with E-state index in [1.54, 1.807) is 11.3 Å². The van der Waals surface area contributed by atoms with Crippen molar-refractivity contribution in [1.82, 2.24) is 0 Å². The van der Waals surface area contributed by atoms with Crippen LogP contribution in [0.5, 0.6) is 0 Å². The molecule has 1 aliphatic rings. The van der Waals surface area contributed by atoms with E-state index in [9.17, 15) is 9.90 Å². The third-order valence-corrected chi connectivity index (χ3v) is 5.81. The van der Waals surface area contributed by atoms with Crippen molar-refractivity contribution in [3.63, 3.8) is 0 Å². The van der Waals surface area contributed by atoms with Gasteiger partial charge in [0.1, 0.15) is 0 Å². The molecule has 3 rings (SSSR count). The van der Waals surface area contributed by atoms with Gasteiger partial charge in [-0.05, 0) is 30.5 Å². The molecule has 0 unspecified atom stereocenters. The number of rotatable bonds is 10. The van der Waals surface area contributed by atoms with Crippen LogP contribution in [0.15, 0.2) is 36.4 Å². The summed E-state index contributed by atoms with van der Waals surface area (Å²) < 4.78 is 5.84. The first kappa shape index (κ1) is 23.7. The number of aliphatic hydroxyl groups is 1. The molecule has 0 aliphatic carbocycles. The van der Waals surface area contributed by atoms with E-state index in [0.29, 0.717) is 19.6 Å². The Morgan fingerprint density at radius 3 is 2.75 bits per heavy atom. The van der Waals surface area contributed by atoms with E-state index >= 15 is 0 Å². The summed E-state index contributed by atoms with van der Waals surface area (Å²) >= 11 is 1.56. The van der Waals surface area contributed by atoms with Crippen LogP contribution in [-0.4, -0.2) is 23.7 Å². The minimum Gasteiger partial charge on any atom is -0.388 e. The number of anilines is 1. The molecule has 2 atom stereocenters. The normalized spacial score (nSPS) is 17.6. The first-order valence-electron chi connectivity index (χ1n) is 9.81. The molecule has 1 radical (unpaired) electrons. The Hall–Kier alpha value is -0.586. The zero-order valence-corrected chi connectivity index (χ0v) is 20.1. The van der Waals surface area contributed by atoms with E-state index in [1.165, 1.54) is 0 Å². The zero-order valence-electron chi connectivity index (χ0n) is 16.5. The van der Waals surface area contributed by atoms with E-state index in [4.69, 9.17) is 4.74 Å². The Labute approximate surface area is 197 Å². The van der Waals surface area contributed by atoms with Crippen molar-refractivity contribution in [3.8, 4) is 0 Å². The molecule has 1 amide bonds. The van der Waals surface area contributed by atoms with Crippen LogP contribution in [-0.2, 0) is 48.8 Å². The van der Waals surface area contributed by atoms with Gasteiger partial charge in [0.05, 0.1) is 18.8 Å². The number of hydrogen-bond donors (Lipinski definition) is 1. The Morgan fingerprint density at radius 1 is 1.29 bits per heavy atom. The van der Waals surface area contributed by atoms with E-state index in [1.807, 2.05) is 41.3 Å². The molecule has 2 aromatic rings. The van der Waals surface area contributed by atoms with Crippen molar-refractivity contribution in [3.05, 3.63) is 52.2 Å². The number of ether oxygens (including phenoxy) is 1. The third kappa shape index (κ3) is 6.46. The number of carbonyl (C=O) groups excluding carboxylic acids is 1. The molecule has 1 N–H and O–H groups in total. The van der Waals surface area contributed by atoms with Crippen molar-refractivity contribution < 1.29 is 47.3 Å². The Morgan fingerprint density at radius 2 is 2.07 bits per heavy atom. The van der Waals surface area contributed by atoms with Crippen molar-refractivity contribution in [2.45, 2.75) is 64.2 Å². The minimum absolute atomic E-state index is 0. The summed E-state index contributed by atoms with van der Waals surface area (Å²) in [5.41, 5.74) is 1.81. The van der Waals surface area contributed by atoms with Gasteiger partial charge < -0.3 is 14.7 Å². The second kappa shape index (κ2) is 12.2. The van der Waals surface area contributed by atoms with Gasteiger partial charge in [-0.1, -0.05) is 38.3 Å². The van der Waals surface area contributed by atoms with Gasteiger partial charge >= 0.3 is 0 Å². The van der Waals surface area contributed by atoms with Crippen molar-refractivity contribution in [2.24, 2.45) is 0 Å². The van der Waals surface area contributed by atoms with E-state index in [0.717, 1.165) is 48.2 Å². The largest absolute Gasteiger partial charge is 0.388 e. The molecule has 4 nitrogen and oxygen atoms in total. The molecule has 1 aromatic heterocycles. The van der Waals surface area contributed by atoms with Crippen LogP contribution in [0.25, 0.3) is 0 Å². The number of nitrogens with zero attached hydrogens (tertiary/aromatic N) is 1. The van der Waals surface area contributed by atoms with E-state index in [2.05, 4.69) is 12.3 Å². The Bertz CT molecular complexity index is 705. The van der Waals surface area contributed by atoms with E-state index in [-0.39, 0.29) is 44.7 Å². The van der Waals surface area contributed by atoms with Crippen LogP contribution in [0.3, 0.4) is 0 Å². The van der Waals surface area contributed by atoms with Gasteiger partial charge in [0.15, 0.2) is 0 Å². The Balaban J connectivity index is 0.00000280. The molecule has 1 fully saturated rings. The number of carbonyl (C=O) groups is 1. The van der Waals surface area contributed by atoms with Gasteiger partial charge in [-0.3, -0.25) is 16.1 Å². The van der Waals surface area contributed by atoms with Crippen LogP contribution in [0.2, 0.25) is 0 Å². The second-order valence-corrected chi connectivity index (χ2v) is 8.06. The molecule has 1 aromatic carbocycles. The van der Waals surface area contributed by atoms with Crippen LogP contribution < -0.4 is 4.90 Å². The predicted molar refractivity (Wildman–Crippen MR) is 109 cm³/mol. The third-order valence-electron chi connectivity index (χ3n) is 5.04. The van der Waals surface area contributed by atoms with Crippen LogP contribution in [0, 0.1) is 5.38 Å². The molecular weight excluding hydrogens is 447 g/mol. The quantitative estimate of drug-likeness (QED) is 0.394. The van der Waals surface area contributed by atoms with E-state index < -0.39 is 6.10 Å². The summed E-state index contributed by atoms with van der Waals surface area (Å²) in [4.78, 5) is 15.4. The number of hydrogen-bond acceptors (Lipinski definition) is 4. The minimum atomic E-state index is -0.429. The standard InChI is InChI=1S/C22H28NO3S.Y/c1-2-3-4-7-21(24)17-8-10-18(11-9-17)23-19(12-13-22(23)25)15-26-16-20-6-5-14-27-20;/h5-6,8-11,19,21,24H,2-4,7,12-13,15-16H2,1H3;/q-1;/t19-,21-;/m1./s1. The fourth-order valence-corrected chi connectivity index (χ4v) is 4.08. The first-order valence-corrected chi connectivity index (χ1v) is 10.6. The first-order chi connectivity index (χ1) is 13.2. The Kier molecular flexibility index (Phi) is 10.3. The number of thiophene rings is 1. The van der Waals surface area contributed by atoms with Gasteiger partial charge in [0.2, 0.25) is 5.91 Å². The average molecular weight is 475 g/mol. The van der Waals surface area contributed by atoms with Crippen LogP contribution in [0.1, 0.15) is 62.0 Å². The summed E-state index contributed by atoms with van der Waals surface area (Å²) in [6.45, 7) is 3.26. The summed E-state index contributed by atoms with van der Waals surface area (Å²) in [6.07, 6.45) is 5.05. The smallest absolute Gasteiger partial charge is 0.227 e. The molecule has 6 heteroatoms. The fourth-order valence-electron chi connectivity index (χ4n) is 3.51. The number of unbranched alkanes of at least 4 members (excludes halogenated alkanes) is 2. The van der Waals surface area contributed by atoms with Gasteiger partial charge in [-0.25, -0.2) is 0 Å². The number of benzene rings is 1. The maximum Gasteiger partial charge on any atom is 0.227 e. The molecule has 0 bridgehead atoms. The van der Waals surface area contributed by atoms with Gasteiger partial charge in [0.25, 0.3) is 0 Å². The molecule has 1 saturated heterocycles. The molecule has 0 saturated carbocycles. The number of aliphatic hydroxyl groups excluding tert-OH is 1. The van der Waals surface area contributed by atoms with Crippen molar-refractivity contribution >= 4 is 22.9 Å². The fraction of sp³-hybridized carbons (Fsp3) is 0.500. The molecule has 28 heavy (non-hydrogen) atoms. The monoisotopic (exact) mass is 475 g/mol. The summed E-state index contributed by atoms with van der Waals surface area (Å²) in [5, 5.41) is 13.4. The average Bonchev–Trinajstić information content (AvgIpc) is 3.32. The molecule has 2 heterocycles. The summed E-state index contributed by atoms with van der Waals surface area (Å²) in [6, 6.07) is 11.8. The SMILES string of the molecule is CCCCC[C@@H](O)c1ccc(N2C(=O)CC[C@@H]2COCc2cc[c-]s2)cc1.[Y]. The van der Waals surface area contributed by atoms with Crippen molar-refractivity contribution in [2.75, 3.05) is 11.5 Å². The predicted octanol–water partition coefficient (Wildman–Crippen LogP) is 4.87. The summed E-state index contributed by atoms with van der Waals surface area (Å²) in [7, 11) is 0. The molecule has 0 spiro atoms. The molecule has 149 valence electrons. The molecule has 1 aliphatic heterocycles. The maximum atomic E-state index is 12.4. The van der Waals surface area contributed by atoms with Crippen molar-refractivity contribution in [1.29, 1.82) is 0 Å². The topological polar surface area (TPSA) is 49.8 Å². The van der Waals surface area contributed by atoms with Crippen LogP contribution >= 0.6 is 11.3 Å². The van der Waals surface area contributed by atoms with Gasteiger partial charge in [-0.2, -0.15) is 12.1 Å². The number of amides is 1. The van der Waals surface area contributed by atoms with Crippen LogP contribution in [0.4, 0.5) is 5.69 Å². The van der Waals surface area contributed by atoms with Gasteiger partial charge in [-0.15, -0.1) is 10.3 Å². The van der Waals surface area contributed by atoms with Gasteiger partial charge in [0, 0.05) is 51.4 Å². The zero-order chi connectivity index (χ0) is 19.1.